The number of benzene rings is 3. The zero-order chi connectivity index (χ0) is 29.4. The van der Waals surface area contributed by atoms with Gasteiger partial charge in [0.05, 0.1) is 23.8 Å². The van der Waals surface area contributed by atoms with Gasteiger partial charge in [0.25, 0.3) is 0 Å². The highest BCUT2D eigenvalue weighted by Gasteiger charge is 2.48. The monoisotopic (exact) mass is 578 g/mol. The number of alkyl halides is 3. The van der Waals surface area contributed by atoms with Crippen molar-refractivity contribution in [3.8, 4) is 11.8 Å². The smallest absolute Gasteiger partial charge is 0.417 e. The Morgan fingerprint density at radius 1 is 1.10 bits per heavy atom. The summed E-state index contributed by atoms with van der Waals surface area (Å²) in [6.45, 7) is 12.9. The van der Waals surface area contributed by atoms with E-state index in [1.807, 2.05) is 18.7 Å². The molecule has 1 aliphatic heterocycles. The SMILES string of the molecule is [C-]#[N+]c1ccc(N2C(=S)N(c3ccc(O)cc3)C(C)(C)C2=NC(=S)Nc2ccc(C#N)c(C(F)(F)F)c2)cc1C. The number of halogens is 3. The summed E-state index contributed by atoms with van der Waals surface area (Å²) in [5.74, 6) is 0.455. The molecule has 7 nitrogen and oxygen atoms in total. The number of hydrogen-bond donors (Lipinski definition) is 2. The van der Waals surface area contributed by atoms with Gasteiger partial charge in [-0.15, -0.1) is 0 Å². The number of thiocarbonyl (C=S) groups is 2. The van der Waals surface area contributed by atoms with Crippen LogP contribution in [0.3, 0.4) is 0 Å². The molecule has 0 atom stereocenters. The molecule has 1 fully saturated rings. The van der Waals surface area contributed by atoms with E-state index in [0.717, 1.165) is 12.1 Å². The van der Waals surface area contributed by atoms with E-state index < -0.39 is 22.8 Å². The molecular weight excluding hydrogens is 557 g/mol. The van der Waals surface area contributed by atoms with Gasteiger partial charge in [-0.3, -0.25) is 4.90 Å². The number of nitrogens with one attached hydrogen (secondary N) is 1. The van der Waals surface area contributed by atoms with Gasteiger partial charge in [-0.05, 0) is 105 Å². The predicted molar refractivity (Wildman–Crippen MR) is 157 cm³/mol. The first-order chi connectivity index (χ1) is 18.8. The first kappa shape index (κ1) is 28.5. The normalized spacial score (nSPS) is 15.6. The summed E-state index contributed by atoms with van der Waals surface area (Å²) >= 11 is 11.3. The molecule has 40 heavy (non-hydrogen) atoms. The van der Waals surface area contributed by atoms with Crippen molar-refractivity contribution in [2.45, 2.75) is 32.5 Å². The first-order valence-corrected chi connectivity index (χ1v) is 12.5. The molecule has 0 aliphatic carbocycles. The van der Waals surface area contributed by atoms with Gasteiger partial charge < -0.3 is 15.3 Å². The fraction of sp³-hybridized carbons (Fsp3) is 0.179. The van der Waals surface area contributed by atoms with E-state index in [1.54, 1.807) is 48.2 Å². The van der Waals surface area contributed by atoms with Crippen LogP contribution in [0.5, 0.6) is 5.75 Å². The van der Waals surface area contributed by atoms with E-state index in [-0.39, 0.29) is 16.5 Å². The van der Waals surface area contributed by atoms with Crippen molar-refractivity contribution < 1.29 is 18.3 Å². The molecule has 3 aromatic rings. The Morgan fingerprint density at radius 2 is 1.75 bits per heavy atom. The van der Waals surface area contributed by atoms with Crippen molar-refractivity contribution in [3.05, 3.63) is 88.8 Å². The maximum atomic E-state index is 13.5. The Labute approximate surface area is 239 Å². The second-order valence-electron chi connectivity index (χ2n) is 9.35. The highest BCUT2D eigenvalue weighted by Crippen LogP contribution is 2.39. The summed E-state index contributed by atoms with van der Waals surface area (Å²) in [6.07, 6.45) is -4.73. The second-order valence-corrected chi connectivity index (χ2v) is 10.1. The molecule has 0 bridgehead atoms. The van der Waals surface area contributed by atoms with E-state index in [4.69, 9.17) is 36.3 Å². The lowest BCUT2D eigenvalue weighted by Gasteiger charge is -2.31. The third kappa shape index (κ3) is 5.32. The fourth-order valence-electron chi connectivity index (χ4n) is 4.36. The van der Waals surface area contributed by atoms with Gasteiger partial charge in [-0.25, -0.2) is 9.84 Å². The number of nitriles is 1. The number of phenols is 1. The van der Waals surface area contributed by atoms with E-state index >= 15 is 0 Å². The minimum absolute atomic E-state index is 0.0123. The molecule has 1 saturated heterocycles. The maximum absolute atomic E-state index is 13.5. The van der Waals surface area contributed by atoms with Gasteiger partial charge in [0.1, 0.15) is 17.1 Å². The van der Waals surface area contributed by atoms with Crippen LogP contribution in [-0.4, -0.2) is 26.7 Å². The quantitative estimate of drug-likeness (QED) is 0.249. The molecule has 1 aliphatic rings. The van der Waals surface area contributed by atoms with Crippen LogP contribution >= 0.6 is 24.4 Å². The number of hydrogen-bond acceptors (Lipinski definition) is 4. The molecule has 0 spiro atoms. The lowest BCUT2D eigenvalue weighted by atomic mass is 10.0. The first-order valence-electron chi connectivity index (χ1n) is 11.7. The van der Waals surface area contributed by atoms with Crippen LogP contribution in [0.15, 0.2) is 65.7 Å². The minimum atomic E-state index is -4.73. The molecular formula is C28H21F3N6OS2. The lowest BCUT2D eigenvalue weighted by molar-refractivity contribution is -0.137. The highest BCUT2D eigenvalue weighted by atomic mass is 32.1. The molecule has 4 rings (SSSR count). The Hall–Kier alpha value is -4.52. The molecule has 0 saturated carbocycles. The van der Waals surface area contributed by atoms with Crippen LogP contribution in [0, 0.1) is 24.8 Å². The van der Waals surface area contributed by atoms with Gasteiger partial charge in [-0.2, -0.15) is 18.4 Å². The number of nitrogens with zero attached hydrogens (tertiary/aromatic N) is 5. The average molecular weight is 579 g/mol. The van der Waals surface area contributed by atoms with Crippen LogP contribution in [0.2, 0.25) is 0 Å². The number of aromatic hydroxyl groups is 1. The Balaban J connectivity index is 1.80. The summed E-state index contributed by atoms with van der Waals surface area (Å²) in [7, 11) is 0. The van der Waals surface area contributed by atoms with Crippen molar-refractivity contribution in [3.63, 3.8) is 0 Å². The lowest BCUT2D eigenvalue weighted by Crippen LogP contribution is -2.45. The summed E-state index contributed by atoms with van der Waals surface area (Å²) < 4.78 is 40.4. The zero-order valence-electron chi connectivity index (χ0n) is 21.4. The number of aliphatic imine (C=N–C) groups is 1. The number of aryl methyl sites for hydroxylation is 1. The standard InChI is InChI=1S/C28H21F3N6OS2/c1-16-13-20(9-12-23(16)33-4)36-24(27(2,3)37(26(36)40)19-7-10-21(38)11-8-19)35-25(39)34-18-6-5-17(15-32)22(14-18)28(29,30)31/h5-14,38H,1-3H3,(H,34,39). The summed E-state index contributed by atoms with van der Waals surface area (Å²) in [5, 5.41) is 21.8. The van der Waals surface area contributed by atoms with Gasteiger partial charge in [0.15, 0.2) is 15.9 Å². The van der Waals surface area contributed by atoms with Crippen LogP contribution in [0.25, 0.3) is 4.85 Å². The molecule has 202 valence electrons. The molecule has 2 N–H and O–H groups in total. The Kier molecular flexibility index (Phi) is 7.52. The Morgan fingerprint density at radius 3 is 2.33 bits per heavy atom. The van der Waals surface area contributed by atoms with Gasteiger partial charge in [-0.1, -0.05) is 6.07 Å². The van der Waals surface area contributed by atoms with Gasteiger partial charge in [0.2, 0.25) is 0 Å². The van der Waals surface area contributed by atoms with Crippen molar-refractivity contribution in [2.24, 2.45) is 4.99 Å². The zero-order valence-corrected chi connectivity index (χ0v) is 23.0. The topological polar surface area (TPSA) is 79.2 Å². The molecule has 12 heteroatoms. The molecule has 1 heterocycles. The number of amidine groups is 1. The van der Waals surface area contributed by atoms with Crippen molar-refractivity contribution >= 4 is 63.2 Å². The average Bonchev–Trinajstić information content (AvgIpc) is 3.08. The Bertz CT molecular complexity index is 1640. The number of rotatable bonds is 3. The summed E-state index contributed by atoms with van der Waals surface area (Å²) in [4.78, 5) is 11.6. The van der Waals surface area contributed by atoms with Crippen LogP contribution in [0.1, 0.15) is 30.5 Å². The maximum Gasteiger partial charge on any atom is 0.417 e. The molecule has 0 amide bonds. The molecule has 0 radical (unpaired) electrons. The van der Waals surface area contributed by atoms with Crippen LogP contribution in [0.4, 0.5) is 35.9 Å². The van der Waals surface area contributed by atoms with E-state index in [9.17, 15) is 18.3 Å². The van der Waals surface area contributed by atoms with Crippen LogP contribution in [-0.2, 0) is 6.18 Å². The number of phenolic OH excluding ortho intramolecular Hbond substituents is 1. The highest BCUT2D eigenvalue weighted by molar-refractivity contribution is 7.81. The second kappa shape index (κ2) is 10.6. The number of anilines is 3. The fourth-order valence-corrected chi connectivity index (χ4v) is 5.09. The predicted octanol–water partition coefficient (Wildman–Crippen LogP) is 7.33. The third-order valence-corrected chi connectivity index (χ3v) is 6.83. The van der Waals surface area contributed by atoms with Crippen molar-refractivity contribution in [1.29, 1.82) is 5.26 Å². The van der Waals surface area contributed by atoms with Crippen LogP contribution < -0.4 is 15.1 Å². The van der Waals surface area contributed by atoms with Crippen molar-refractivity contribution in [1.82, 2.24) is 0 Å². The largest absolute Gasteiger partial charge is 0.508 e. The molecule has 0 aromatic heterocycles. The van der Waals surface area contributed by atoms with E-state index in [1.165, 1.54) is 18.2 Å². The van der Waals surface area contributed by atoms with Gasteiger partial charge in [0, 0.05) is 17.1 Å². The third-order valence-electron chi connectivity index (χ3n) is 6.27. The van der Waals surface area contributed by atoms with Gasteiger partial charge >= 0.3 is 6.18 Å². The van der Waals surface area contributed by atoms with E-state index in [0.29, 0.717) is 33.6 Å². The summed E-state index contributed by atoms with van der Waals surface area (Å²) in [5.41, 5.74) is -0.0255. The molecule has 3 aromatic carbocycles. The van der Waals surface area contributed by atoms with Crippen molar-refractivity contribution in [2.75, 3.05) is 15.1 Å². The van der Waals surface area contributed by atoms with E-state index in [2.05, 4.69) is 15.2 Å². The molecule has 0 unspecified atom stereocenters. The minimum Gasteiger partial charge on any atom is -0.508 e. The summed E-state index contributed by atoms with van der Waals surface area (Å²) in [6, 6.07) is 16.4.